The number of fused-ring (bicyclic) bond motifs is 4. The van der Waals surface area contributed by atoms with Crippen LogP contribution >= 0.6 is 11.6 Å². The first-order chi connectivity index (χ1) is 25.1. The third kappa shape index (κ3) is 8.88. The van der Waals surface area contributed by atoms with Crippen molar-refractivity contribution in [2.24, 2.45) is 0 Å². The number of carbonyl (C=O) groups excluding carboxylic acids is 4. The minimum atomic E-state index is -0.829. The molecular weight excluding hydrogens is 705 g/mol. The Labute approximate surface area is 301 Å². The lowest BCUT2D eigenvalue weighted by Crippen LogP contribution is -2.31. The smallest absolute Gasteiger partial charge is 0.411 e. The molecule has 5 rings (SSSR count). The Kier molecular flexibility index (Phi) is 12.5. The number of H-pyrrole nitrogens is 1. The number of nitrogens with one attached hydrogen (secondary N) is 4. The van der Waals surface area contributed by atoms with Gasteiger partial charge >= 0.3 is 18.0 Å². The molecule has 4 aromatic rings. The number of nitrogens with zero attached hydrogens (tertiary/aromatic N) is 5. The maximum Gasteiger partial charge on any atom is 0.411 e. The lowest BCUT2D eigenvalue weighted by molar-refractivity contribution is -0.141. The Morgan fingerprint density at radius 2 is 1.88 bits per heavy atom. The average molecular weight is 740 g/mol. The van der Waals surface area contributed by atoms with Crippen molar-refractivity contribution in [3.63, 3.8) is 0 Å². The van der Waals surface area contributed by atoms with Crippen LogP contribution in [0.15, 0.2) is 42.7 Å². The molecule has 2 atom stereocenters. The Bertz CT molecular complexity index is 1950. The summed E-state index contributed by atoms with van der Waals surface area (Å²) in [4.78, 5) is 59.5. The molecule has 0 saturated heterocycles. The van der Waals surface area contributed by atoms with E-state index >= 15 is 4.39 Å². The van der Waals surface area contributed by atoms with E-state index in [1.54, 1.807) is 18.2 Å². The van der Waals surface area contributed by atoms with Crippen molar-refractivity contribution < 1.29 is 42.5 Å². The Morgan fingerprint density at radius 1 is 1.08 bits per heavy atom. The number of rotatable bonds is 10. The van der Waals surface area contributed by atoms with Crippen LogP contribution in [0.5, 0.6) is 0 Å². The van der Waals surface area contributed by atoms with Gasteiger partial charge in [-0.25, -0.2) is 23.8 Å². The van der Waals surface area contributed by atoms with E-state index in [1.165, 1.54) is 50.5 Å². The van der Waals surface area contributed by atoms with Gasteiger partial charge in [0, 0.05) is 35.7 Å². The number of esters is 2. The van der Waals surface area contributed by atoms with E-state index in [9.17, 15) is 19.2 Å². The van der Waals surface area contributed by atoms with E-state index in [-0.39, 0.29) is 46.7 Å². The highest BCUT2D eigenvalue weighted by Crippen LogP contribution is 2.35. The summed E-state index contributed by atoms with van der Waals surface area (Å²) < 4.78 is 36.5. The summed E-state index contributed by atoms with van der Waals surface area (Å²) in [6.45, 7) is 0.236. The van der Waals surface area contributed by atoms with E-state index in [0.29, 0.717) is 42.6 Å². The fourth-order valence-electron chi connectivity index (χ4n) is 5.44. The van der Waals surface area contributed by atoms with Gasteiger partial charge in [-0.2, -0.15) is 4.68 Å². The lowest BCUT2D eigenvalue weighted by Gasteiger charge is -2.22. The van der Waals surface area contributed by atoms with Crippen LogP contribution in [0, 0.1) is 5.82 Å². The predicted molar refractivity (Wildman–Crippen MR) is 184 cm³/mol. The van der Waals surface area contributed by atoms with Crippen molar-refractivity contribution in [2.45, 2.75) is 37.8 Å². The largest absolute Gasteiger partial charge is 0.467 e. The van der Waals surface area contributed by atoms with Crippen molar-refractivity contribution >= 4 is 53.0 Å². The van der Waals surface area contributed by atoms with Crippen LogP contribution in [-0.2, 0) is 28.5 Å². The van der Waals surface area contributed by atoms with E-state index in [4.69, 9.17) is 35.5 Å². The van der Waals surface area contributed by atoms with Gasteiger partial charge in [-0.3, -0.25) is 10.1 Å². The average Bonchev–Trinajstić information content (AvgIpc) is 3.83. The number of benzene rings is 2. The van der Waals surface area contributed by atoms with Crippen LogP contribution in [0.25, 0.3) is 23.0 Å². The Hall–Kier alpha value is -5.88. The van der Waals surface area contributed by atoms with Gasteiger partial charge in [0.15, 0.2) is 11.5 Å². The molecule has 2 aromatic heterocycles. The molecule has 0 fully saturated rings. The maximum atomic E-state index is 15.1. The molecule has 2 aromatic carbocycles. The molecule has 274 valence electrons. The summed E-state index contributed by atoms with van der Waals surface area (Å²) in [7, 11) is 3.95. The van der Waals surface area contributed by atoms with Crippen LogP contribution in [-0.4, -0.2) is 94.7 Å². The van der Waals surface area contributed by atoms with Crippen LogP contribution in [0.3, 0.4) is 0 Å². The molecule has 2 amide bonds. The fourth-order valence-corrected chi connectivity index (χ4v) is 5.60. The highest BCUT2D eigenvalue weighted by atomic mass is 35.5. The van der Waals surface area contributed by atoms with Gasteiger partial charge in [0.1, 0.15) is 30.5 Å². The number of hydrogen-bond acceptors (Lipinski definition) is 13. The summed E-state index contributed by atoms with van der Waals surface area (Å²) in [6.07, 6.45) is 4.60. The Morgan fingerprint density at radius 3 is 2.62 bits per heavy atom. The van der Waals surface area contributed by atoms with Crippen molar-refractivity contribution in [3.8, 4) is 16.9 Å². The number of carbonyl (C=O) groups is 4. The Balaban J connectivity index is 1.51. The van der Waals surface area contributed by atoms with Gasteiger partial charge in [-0.05, 0) is 59.7 Å². The molecule has 0 spiro atoms. The summed E-state index contributed by atoms with van der Waals surface area (Å²) in [5.41, 5.74) is 1.34. The summed E-state index contributed by atoms with van der Waals surface area (Å²) in [5, 5.41) is 19.5. The minimum Gasteiger partial charge on any atom is -0.467 e. The number of imidazole rings is 1. The third-order valence-corrected chi connectivity index (χ3v) is 8.25. The molecule has 0 aliphatic carbocycles. The molecule has 0 saturated carbocycles. The van der Waals surface area contributed by atoms with Gasteiger partial charge in [-0.15, -0.1) is 5.10 Å². The fraction of sp³-hybridized carbons (Fsp3) is 0.333. The van der Waals surface area contributed by atoms with Crippen LogP contribution in [0.1, 0.15) is 53.6 Å². The number of aromatic nitrogens is 6. The normalized spacial score (nSPS) is 15.7. The van der Waals surface area contributed by atoms with E-state index in [1.807, 2.05) is 0 Å². The van der Waals surface area contributed by atoms with Crippen molar-refractivity contribution in [3.05, 3.63) is 70.7 Å². The van der Waals surface area contributed by atoms with Crippen molar-refractivity contribution in [2.75, 3.05) is 45.2 Å². The summed E-state index contributed by atoms with van der Waals surface area (Å²) in [5.74, 6) is -2.45. The van der Waals surface area contributed by atoms with Crippen LogP contribution in [0.2, 0.25) is 5.02 Å². The van der Waals surface area contributed by atoms with Crippen LogP contribution < -0.4 is 16.0 Å². The number of anilines is 2. The van der Waals surface area contributed by atoms with E-state index in [2.05, 4.69) is 36.5 Å². The zero-order chi connectivity index (χ0) is 37.2. The molecule has 1 aliphatic rings. The van der Waals surface area contributed by atoms with E-state index < -0.39 is 41.8 Å². The van der Waals surface area contributed by atoms with Crippen molar-refractivity contribution in [1.29, 1.82) is 0 Å². The standard InChI is InChI=1S/C33H35ClFN9O8/c1-49-14-15-52-33(48)37-18-8-9-19-24(16-18)38-23(31(46)50-2)7-5-4-6-22(30-40-28(19)29(41-30)32(47)51-3)39-26(45)13-10-20-25(44-17-36-42-43-44)12-11-21(34)27(20)35/h8-13,16-17,22-23,38H,4-7,14-15H2,1-3H3,(H,37,48)(H,39,45)(H,40,41)/b13-10+/t22-,23+/m0/s1. The second-order valence-electron chi connectivity index (χ2n) is 11.3. The highest BCUT2D eigenvalue weighted by Gasteiger charge is 2.29. The van der Waals surface area contributed by atoms with Gasteiger partial charge < -0.3 is 34.6 Å². The molecule has 0 unspecified atom stereocenters. The first-order valence-electron chi connectivity index (χ1n) is 15.9. The molecule has 2 bridgehead atoms. The number of tetrazole rings is 1. The summed E-state index contributed by atoms with van der Waals surface area (Å²) in [6, 6.07) is 5.97. The maximum absolute atomic E-state index is 15.1. The third-order valence-electron chi connectivity index (χ3n) is 7.96. The summed E-state index contributed by atoms with van der Waals surface area (Å²) >= 11 is 6.03. The monoisotopic (exact) mass is 739 g/mol. The number of amides is 2. The molecule has 19 heteroatoms. The second kappa shape index (κ2) is 17.4. The zero-order valence-electron chi connectivity index (χ0n) is 28.3. The quantitative estimate of drug-likeness (QED) is 0.0777. The molecule has 0 radical (unpaired) electrons. The van der Waals surface area contributed by atoms with Gasteiger partial charge in [0.25, 0.3) is 0 Å². The van der Waals surface area contributed by atoms with Gasteiger partial charge in [0.05, 0.1) is 37.6 Å². The highest BCUT2D eigenvalue weighted by molar-refractivity contribution is 6.31. The molecular formula is C33H35ClFN9O8. The number of hydrogen-bond donors (Lipinski definition) is 4. The lowest BCUT2D eigenvalue weighted by atomic mass is 10.0. The zero-order valence-corrected chi connectivity index (χ0v) is 29.0. The molecule has 3 heterocycles. The topological polar surface area (TPSA) is 214 Å². The molecule has 4 N–H and O–H groups in total. The molecule has 17 nitrogen and oxygen atoms in total. The molecule has 1 aliphatic heterocycles. The second-order valence-corrected chi connectivity index (χ2v) is 11.7. The molecule has 52 heavy (non-hydrogen) atoms. The number of ether oxygens (including phenoxy) is 4. The number of halogens is 2. The van der Waals surface area contributed by atoms with E-state index in [0.717, 1.165) is 6.08 Å². The predicted octanol–water partition coefficient (Wildman–Crippen LogP) is 4.22. The number of aromatic amines is 1. The van der Waals surface area contributed by atoms with Gasteiger partial charge in [-0.1, -0.05) is 24.4 Å². The van der Waals surface area contributed by atoms with Crippen LogP contribution in [0.4, 0.5) is 20.6 Å². The SMILES string of the molecule is COCCOC(=O)Nc1ccc2c(c1)N[C@@H](C(=O)OC)CCCC[C@H](NC(=O)/C=C/c1c(-n3cnnn3)ccc(Cl)c1F)c1nc-2c(C(=O)OC)[nH]1. The minimum absolute atomic E-state index is 0.0290. The first-order valence-corrected chi connectivity index (χ1v) is 16.3. The van der Waals surface area contributed by atoms with Gasteiger partial charge in [0.2, 0.25) is 5.91 Å². The van der Waals surface area contributed by atoms with Crippen molar-refractivity contribution in [1.82, 2.24) is 35.5 Å². The number of methoxy groups -OCH3 is 3. The first kappa shape index (κ1) is 37.4.